The Balaban J connectivity index is 1.56. The number of alkyl halides is 3. The number of rotatable bonds is 8. The molecule has 1 aromatic heterocycles. The van der Waals surface area contributed by atoms with Crippen LogP contribution >= 0.6 is 0 Å². The van der Waals surface area contributed by atoms with E-state index in [9.17, 15) is 21.6 Å². The number of nitrogens with zero attached hydrogens (tertiary/aromatic N) is 3. The average Bonchev–Trinajstić information content (AvgIpc) is 2.88. The molecule has 2 N–H and O–H groups in total. The molecule has 1 aliphatic rings. The maximum absolute atomic E-state index is 15.1. The minimum atomic E-state index is -4.42. The fourth-order valence-electron chi connectivity index (χ4n) is 4.92. The minimum Gasteiger partial charge on any atom is -0.495 e. The Bertz CT molecular complexity index is 1400. The van der Waals surface area contributed by atoms with Gasteiger partial charge in [-0.3, -0.25) is 4.72 Å². The average molecular weight is 568 g/mol. The summed E-state index contributed by atoms with van der Waals surface area (Å²) in [4.78, 5) is 8.88. The zero-order valence-electron chi connectivity index (χ0n) is 21.5. The fraction of sp³-hybridized carbons (Fsp3) is 0.385. The third-order valence-corrected chi connectivity index (χ3v) is 8.24. The summed E-state index contributed by atoms with van der Waals surface area (Å²) in [7, 11) is 0.784. The zero-order chi connectivity index (χ0) is 28.4. The summed E-state index contributed by atoms with van der Waals surface area (Å²) in [5, 5.41) is 3.29. The van der Waals surface area contributed by atoms with Gasteiger partial charge < -0.3 is 15.0 Å². The molecule has 0 radical (unpaired) electrons. The van der Waals surface area contributed by atoms with Crippen LogP contribution in [-0.2, 0) is 16.2 Å². The third-order valence-electron chi connectivity index (χ3n) is 6.87. The van der Waals surface area contributed by atoms with Crippen LogP contribution in [0.15, 0.2) is 59.9 Å². The molecule has 210 valence electrons. The van der Waals surface area contributed by atoms with Gasteiger partial charge in [0, 0.05) is 30.4 Å². The second kappa shape index (κ2) is 11.3. The summed E-state index contributed by atoms with van der Waals surface area (Å²) >= 11 is 0. The van der Waals surface area contributed by atoms with Crippen LogP contribution in [0.2, 0.25) is 0 Å². The molecule has 4 rings (SSSR count). The van der Waals surface area contributed by atoms with Crippen molar-refractivity contribution >= 4 is 21.5 Å². The molecule has 3 atom stereocenters. The maximum Gasteiger partial charge on any atom is 0.416 e. The maximum atomic E-state index is 15.1. The standard InChI is InChI=1S/C26H29F4N5O3S/c1-35(2)22-12-17(16-5-4-6-18(11-16)26(28,29)30)7-8-20(22)33-21-13-19(27)24(14-23(21)38-3)39(36,37)34-25-9-10-31-15-32-25/h4-6,9-11,13-15,17,20,22,33H,7-8,12H2,1-3H3,(H,31,32,34)/t17-,20-,22-/m0/s1. The largest absolute Gasteiger partial charge is 0.495 e. The quantitative estimate of drug-likeness (QED) is 0.365. The summed E-state index contributed by atoms with van der Waals surface area (Å²) in [5.74, 6) is -0.968. The molecule has 0 amide bonds. The van der Waals surface area contributed by atoms with Crippen LogP contribution in [0.3, 0.4) is 0 Å². The normalized spacial score (nSPS) is 20.1. The van der Waals surface area contributed by atoms with Gasteiger partial charge in [-0.2, -0.15) is 13.2 Å². The first kappa shape index (κ1) is 28.6. The van der Waals surface area contributed by atoms with E-state index in [-0.39, 0.29) is 35.3 Å². The Morgan fingerprint density at radius 2 is 1.87 bits per heavy atom. The third kappa shape index (κ3) is 6.59. The highest BCUT2D eigenvalue weighted by Crippen LogP contribution is 2.40. The number of benzene rings is 2. The minimum absolute atomic E-state index is 0.0167. The number of nitrogens with one attached hydrogen (secondary N) is 2. The van der Waals surface area contributed by atoms with Gasteiger partial charge in [0.15, 0.2) is 0 Å². The number of halogens is 4. The molecule has 39 heavy (non-hydrogen) atoms. The Hall–Kier alpha value is -3.45. The highest BCUT2D eigenvalue weighted by atomic mass is 32.2. The number of hydrogen-bond donors (Lipinski definition) is 2. The van der Waals surface area contributed by atoms with E-state index in [0.717, 1.165) is 24.5 Å². The van der Waals surface area contributed by atoms with Gasteiger partial charge >= 0.3 is 6.18 Å². The molecule has 13 heteroatoms. The molecular formula is C26H29F4N5O3S. The molecule has 1 aliphatic carbocycles. The highest BCUT2D eigenvalue weighted by molar-refractivity contribution is 7.92. The predicted octanol–water partition coefficient (Wildman–Crippen LogP) is 5.12. The molecule has 1 fully saturated rings. The number of anilines is 2. The predicted molar refractivity (Wildman–Crippen MR) is 139 cm³/mol. The Kier molecular flexibility index (Phi) is 8.31. The number of hydrogen-bond acceptors (Lipinski definition) is 7. The van der Waals surface area contributed by atoms with E-state index in [2.05, 4.69) is 20.0 Å². The Morgan fingerprint density at radius 1 is 1.10 bits per heavy atom. The van der Waals surface area contributed by atoms with Gasteiger partial charge in [0.1, 0.15) is 28.6 Å². The van der Waals surface area contributed by atoms with Gasteiger partial charge in [0.25, 0.3) is 10.0 Å². The molecule has 2 aromatic carbocycles. The lowest BCUT2D eigenvalue weighted by atomic mass is 9.78. The first-order valence-electron chi connectivity index (χ1n) is 12.2. The molecule has 0 spiro atoms. The molecule has 0 aliphatic heterocycles. The van der Waals surface area contributed by atoms with Gasteiger partial charge in [-0.25, -0.2) is 22.8 Å². The lowest BCUT2D eigenvalue weighted by Crippen LogP contribution is -2.47. The van der Waals surface area contributed by atoms with Crippen LogP contribution in [0.4, 0.5) is 29.1 Å². The van der Waals surface area contributed by atoms with E-state index in [4.69, 9.17) is 4.74 Å². The Morgan fingerprint density at radius 3 is 2.51 bits per heavy atom. The number of sulfonamides is 1. The number of aromatic nitrogens is 2. The molecule has 0 bridgehead atoms. The van der Waals surface area contributed by atoms with Crippen molar-refractivity contribution in [3.05, 3.63) is 71.9 Å². The van der Waals surface area contributed by atoms with Gasteiger partial charge in [-0.15, -0.1) is 0 Å². The number of ether oxygens (including phenoxy) is 1. The van der Waals surface area contributed by atoms with Crippen molar-refractivity contribution in [3.63, 3.8) is 0 Å². The second-order valence-electron chi connectivity index (χ2n) is 9.60. The van der Waals surface area contributed by atoms with E-state index in [0.29, 0.717) is 24.8 Å². The van der Waals surface area contributed by atoms with Crippen LogP contribution in [0.1, 0.15) is 36.3 Å². The summed E-state index contributed by atoms with van der Waals surface area (Å²) in [5.41, 5.74) is 0.223. The van der Waals surface area contributed by atoms with E-state index in [1.807, 2.05) is 19.0 Å². The summed E-state index contributed by atoms with van der Waals surface area (Å²) in [6, 6.07) is 8.61. The van der Waals surface area contributed by atoms with Gasteiger partial charge in [-0.1, -0.05) is 18.2 Å². The van der Waals surface area contributed by atoms with Gasteiger partial charge in [0.05, 0.1) is 18.4 Å². The topological polar surface area (TPSA) is 96.5 Å². The van der Waals surface area contributed by atoms with Crippen molar-refractivity contribution in [1.82, 2.24) is 14.9 Å². The van der Waals surface area contributed by atoms with Crippen LogP contribution in [0, 0.1) is 5.82 Å². The van der Waals surface area contributed by atoms with Gasteiger partial charge in [0.2, 0.25) is 0 Å². The van der Waals surface area contributed by atoms with E-state index in [1.165, 1.54) is 31.5 Å². The van der Waals surface area contributed by atoms with Crippen LogP contribution < -0.4 is 14.8 Å². The molecule has 8 nitrogen and oxygen atoms in total. The van der Waals surface area contributed by atoms with Crippen molar-refractivity contribution < 1.29 is 30.7 Å². The SMILES string of the molecule is COc1cc(S(=O)(=O)Nc2ccncn2)c(F)cc1N[C@H]1CC[C@H](c2cccc(C(F)(F)F)c2)C[C@@H]1N(C)C. The number of likely N-dealkylation sites (N-methyl/N-ethyl adjacent to an activating group) is 1. The lowest BCUT2D eigenvalue weighted by Gasteiger charge is -2.41. The van der Waals surface area contributed by atoms with Crippen molar-refractivity contribution in [2.24, 2.45) is 0 Å². The monoisotopic (exact) mass is 567 g/mol. The van der Waals surface area contributed by atoms with Crippen molar-refractivity contribution in [1.29, 1.82) is 0 Å². The van der Waals surface area contributed by atoms with Crippen molar-refractivity contribution in [2.75, 3.05) is 31.2 Å². The van der Waals surface area contributed by atoms with E-state index < -0.39 is 32.5 Å². The van der Waals surface area contributed by atoms with Crippen LogP contribution in [0.5, 0.6) is 5.75 Å². The van der Waals surface area contributed by atoms with Crippen LogP contribution in [0.25, 0.3) is 0 Å². The first-order chi connectivity index (χ1) is 18.4. The summed E-state index contributed by atoms with van der Waals surface area (Å²) in [6.07, 6.45) is -0.137. The molecule has 0 unspecified atom stereocenters. The van der Waals surface area contributed by atoms with Crippen molar-refractivity contribution in [2.45, 2.75) is 48.3 Å². The molecular weight excluding hydrogens is 538 g/mol. The van der Waals surface area contributed by atoms with Gasteiger partial charge in [-0.05, 0) is 57.0 Å². The molecule has 1 heterocycles. The zero-order valence-corrected chi connectivity index (χ0v) is 22.4. The fourth-order valence-corrected chi connectivity index (χ4v) is 6.01. The second-order valence-corrected chi connectivity index (χ2v) is 11.2. The summed E-state index contributed by atoms with van der Waals surface area (Å²) < 4.78 is 88.2. The molecule has 3 aromatic rings. The van der Waals surface area contributed by atoms with Crippen LogP contribution in [-0.4, -0.2) is 56.6 Å². The molecule has 1 saturated carbocycles. The van der Waals surface area contributed by atoms with E-state index >= 15 is 4.39 Å². The van der Waals surface area contributed by atoms with E-state index in [1.54, 1.807) is 6.07 Å². The lowest BCUT2D eigenvalue weighted by molar-refractivity contribution is -0.137. The number of methoxy groups -OCH3 is 1. The van der Waals surface area contributed by atoms with Crippen molar-refractivity contribution in [3.8, 4) is 5.75 Å². The highest BCUT2D eigenvalue weighted by Gasteiger charge is 2.35. The first-order valence-corrected chi connectivity index (χ1v) is 13.6. The Labute approximate surface area is 224 Å². The smallest absolute Gasteiger partial charge is 0.416 e. The molecule has 0 saturated heterocycles. The summed E-state index contributed by atoms with van der Waals surface area (Å²) in [6.45, 7) is 0.